The van der Waals surface area contributed by atoms with Crippen molar-refractivity contribution in [1.82, 2.24) is 9.80 Å². The molecule has 1 atom stereocenters. The number of likely N-dealkylation sites (N-methyl/N-ethyl adjacent to an activating group) is 1. The normalized spacial score (nSPS) is 21.5. The Bertz CT molecular complexity index is 405. The summed E-state index contributed by atoms with van der Waals surface area (Å²) in [5.74, 6) is 0. The van der Waals surface area contributed by atoms with Crippen LogP contribution in [0.2, 0.25) is 0 Å². The van der Waals surface area contributed by atoms with Gasteiger partial charge in [0.25, 0.3) is 0 Å². The molecule has 2 rings (SSSR count). The lowest BCUT2D eigenvalue weighted by molar-refractivity contribution is 0.0775. The van der Waals surface area contributed by atoms with Gasteiger partial charge in [0.15, 0.2) is 0 Å². The van der Waals surface area contributed by atoms with Crippen molar-refractivity contribution in [3.05, 3.63) is 29.8 Å². The van der Waals surface area contributed by atoms with Crippen LogP contribution in [-0.4, -0.2) is 47.7 Å². The number of piperazine rings is 1. The standard InChI is InChI=1S/C12H17N3O2/c1-14-6-7-15(12(16)17)11(8-14)9-2-4-10(13)5-3-9/h2-5,11H,6-8,13H2,1H3,(H,16,17). The molecule has 1 heterocycles. The van der Waals surface area contributed by atoms with E-state index in [1.54, 1.807) is 0 Å². The van der Waals surface area contributed by atoms with E-state index in [2.05, 4.69) is 4.90 Å². The number of hydrogen-bond donors (Lipinski definition) is 2. The molecule has 0 spiro atoms. The van der Waals surface area contributed by atoms with Crippen molar-refractivity contribution in [3.8, 4) is 0 Å². The summed E-state index contributed by atoms with van der Waals surface area (Å²) in [4.78, 5) is 14.8. The SMILES string of the molecule is CN1CCN(C(=O)O)C(c2ccc(N)cc2)C1. The van der Waals surface area contributed by atoms with Crippen molar-refractivity contribution >= 4 is 11.8 Å². The van der Waals surface area contributed by atoms with Crippen molar-refractivity contribution in [2.24, 2.45) is 0 Å². The van der Waals surface area contributed by atoms with Gasteiger partial charge in [-0.15, -0.1) is 0 Å². The van der Waals surface area contributed by atoms with Crippen LogP contribution in [0.3, 0.4) is 0 Å². The van der Waals surface area contributed by atoms with Crippen molar-refractivity contribution in [1.29, 1.82) is 0 Å². The minimum atomic E-state index is -0.861. The first-order valence-electron chi connectivity index (χ1n) is 5.61. The number of nitrogens with two attached hydrogens (primary N) is 1. The molecule has 0 bridgehead atoms. The van der Waals surface area contributed by atoms with Gasteiger partial charge in [-0.3, -0.25) is 4.90 Å². The van der Waals surface area contributed by atoms with Crippen LogP contribution >= 0.6 is 0 Å². The fraction of sp³-hybridized carbons (Fsp3) is 0.417. The summed E-state index contributed by atoms with van der Waals surface area (Å²) < 4.78 is 0. The number of amides is 1. The van der Waals surface area contributed by atoms with Crippen molar-refractivity contribution in [3.63, 3.8) is 0 Å². The molecule has 5 heteroatoms. The molecule has 17 heavy (non-hydrogen) atoms. The van der Waals surface area contributed by atoms with Crippen LogP contribution in [0, 0.1) is 0 Å². The topological polar surface area (TPSA) is 69.8 Å². The van der Waals surface area contributed by atoms with Gasteiger partial charge in [0.1, 0.15) is 0 Å². The first-order valence-corrected chi connectivity index (χ1v) is 5.61. The minimum Gasteiger partial charge on any atom is -0.465 e. The van der Waals surface area contributed by atoms with Gasteiger partial charge in [-0.2, -0.15) is 0 Å². The Hall–Kier alpha value is -1.75. The van der Waals surface area contributed by atoms with E-state index in [-0.39, 0.29) is 6.04 Å². The maximum absolute atomic E-state index is 11.2. The number of hydrogen-bond acceptors (Lipinski definition) is 3. The van der Waals surface area contributed by atoms with Crippen LogP contribution in [0.1, 0.15) is 11.6 Å². The molecule has 1 aliphatic heterocycles. The first-order chi connectivity index (χ1) is 8.08. The van der Waals surface area contributed by atoms with E-state index in [4.69, 9.17) is 5.73 Å². The van der Waals surface area contributed by atoms with Gasteiger partial charge >= 0.3 is 6.09 Å². The lowest BCUT2D eigenvalue weighted by Gasteiger charge is -2.38. The van der Waals surface area contributed by atoms with E-state index in [0.717, 1.165) is 18.7 Å². The van der Waals surface area contributed by atoms with Crippen LogP contribution in [0.5, 0.6) is 0 Å². The van der Waals surface area contributed by atoms with Gasteiger partial charge < -0.3 is 15.7 Å². The number of rotatable bonds is 1. The van der Waals surface area contributed by atoms with E-state index in [9.17, 15) is 9.90 Å². The third kappa shape index (κ3) is 2.50. The predicted molar refractivity (Wildman–Crippen MR) is 65.8 cm³/mol. The number of benzene rings is 1. The molecular weight excluding hydrogens is 218 g/mol. The number of carbonyl (C=O) groups is 1. The highest BCUT2D eigenvalue weighted by Gasteiger charge is 2.29. The molecule has 92 valence electrons. The summed E-state index contributed by atoms with van der Waals surface area (Å²) >= 11 is 0. The van der Waals surface area contributed by atoms with E-state index in [1.807, 2.05) is 31.3 Å². The molecule has 1 unspecified atom stereocenters. The molecule has 1 saturated heterocycles. The van der Waals surface area contributed by atoms with E-state index in [1.165, 1.54) is 4.90 Å². The van der Waals surface area contributed by atoms with Gasteiger partial charge in [-0.25, -0.2) is 4.79 Å². The molecule has 1 aliphatic rings. The molecule has 1 fully saturated rings. The van der Waals surface area contributed by atoms with Crippen molar-refractivity contribution in [2.75, 3.05) is 32.4 Å². The fourth-order valence-electron chi connectivity index (χ4n) is 2.15. The van der Waals surface area contributed by atoms with Crippen LogP contribution in [0.15, 0.2) is 24.3 Å². The van der Waals surface area contributed by atoms with Crippen molar-refractivity contribution in [2.45, 2.75) is 6.04 Å². The van der Waals surface area contributed by atoms with Crippen LogP contribution in [0.25, 0.3) is 0 Å². The van der Waals surface area contributed by atoms with Crippen LogP contribution in [-0.2, 0) is 0 Å². The van der Waals surface area contributed by atoms with E-state index < -0.39 is 6.09 Å². The quantitative estimate of drug-likeness (QED) is 0.718. The molecule has 0 radical (unpaired) electrons. The zero-order valence-electron chi connectivity index (χ0n) is 9.84. The second-order valence-electron chi connectivity index (χ2n) is 4.42. The van der Waals surface area contributed by atoms with Crippen LogP contribution < -0.4 is 5.73 Å². The summed E-state index contributed by atoms with van der Waals surface area (Å²) in [6.07, 6.45) is -0.861. The first kappa shape index (κ1) is 11.7. The summed E-state index contributed by atoms with van der Waals surface area (Å²) in [5.41, 5.74) is 7.33. The molecule has 1 aromatic rings. The monoisotopic (exact) mass is 235 g/mol. The lowest BCUT2D eigenvalue weighted by atomic mass is 10.0. The molecule has 1 aromatic carbocycles. The molecule has 5 nitrogen and oxygen atoms in total. The Balaban J connectivity index is 2.25. The maximum Gasteiger partial charge on any atom is 0.407 e. The Morgan fingerprint density at radius 1 is 1.35 bits per heavy atom. The van der Waals surface area contributed by atoms with Gasteiger partial charge in [0.05, 0.1) is 6.04 Å². The smallest absolute Gasteiger partial charge is 0.407 e. The van der Waals surface area contributed by atoms with E-state index in [0.29, 0.717) is 12.2 Å². The largest absolute Gasteiger partial charge is 0.465 e. The van der Waals surface area contributed by atoms with E-state index >= 15 is 0 Å². The van der Waals surface area contributed by atoms with Gasteiger partial charge in [-0.1, -0.05) is 12.1 Å². The van der Waals surface area contributed by atoms with Gasteiger partial charge in [0.2, 0.25) is 0 Å². The zero-order valence-corrected chi connectivity index (χ0v) is 9.84. The van der Waals surface area contributed by atoms with Gasteiger partial charge in [0, 0.05) is 25.3 Å². The predicted octanol–water partition coefficient (Wildman–Crippen LogP) is 1.24. The molecule has 0 aliphatic carbocycles. The third-order valence-corrected chi connectivity index (χ3v) is 3.15. The average molecular weight is 235 g/mol. The fourth-order valence-corrected chi connectivity index (χ4v) is 2.15. The third-order valence-electron chi connectivity index (χ3n) is 3.15. The second kappa shape index (κ2) is 4.63. The maximum atomic E-state index is 11.2. The highest BCUT2D eigenvalue weighted by molar-refractivity contribution is 5.66. The minimum absolute atomic E-state index is 0.105. The van der Waals surface area contributed by atoms with Crippen molar-refractivity contribution < 1.29 is 9.90 Å². The highest BCUT2D eigenvalue weighted by atomic mass is 16.4. The Kier molecular flexibility index (Phi) is 3.19. The number of carboxylic acid groups (broad SMARTS) is 1. The Morgan fingerprint density at radius 3 is 2.59 bits per heavy atom. The molecule has 3 N–H and O–H groups in total. The Morgan fingerprint density at radius 2 is 2.00 bits per heavy atom. The number of nitrogen functional groups attached to an aromatic ring is 1. The average Bonchev–Trinajstić information content (AvgIpc) is 2.29. The molecular formula is C12H17N3O2. The van der Waals surface area contributed by atoms with Gasteiger partial charge in [-0.05, 0) is 24.7 Å². The highest BCUT2D eigenvalue weighted by Crippen LogP contribution is 2.25. The number of anilines is 1. The second-order valence-corrected chi connectivity index (χ2v) is 4.42. The summed E-state index contributed by atoms with van der Waals surface area (Å²) in [6, 6.07) is 7.31. The number of nitrogens with zero attached hydrogens (tertiary/aromatic N) is 2. The Labute approximate surface area is 100 Å². The summed E-state index contributed by atoms with van der Waals surface area (Å²) in [6.45, 7) is 2.04. The molecule has 1 amide bonds. The summed E-state index contributed by atoms with van der Waals surface area (Å²) in [7, 11) is 2.00. The van der Waals surface area contributed by atoms with Crippen LogP contribution in [0.4, 0.5) is 10.5 Å². The molecule has 0 saturated carbocycles. The lowest BCUT2D eigenvalue weighted by Crippen LogP contribution is -2.48. The molecule has 0 aromatic heterocycles. The zero-order chi connectivity index (χ0) is 12.4. The summed E-state index contributed by atoms with van der Waals surface area (Å²) in [5, 5.41) is 9.19.